The number of aryl methyl sites for hydroxylation is 1. The van der Waals surface area contributed by atoms with Gasteiger partial charge in [-0.15, -0.1) is 0 Å². The van der Waals surface area contributed by atoms with Crippen LogP contribution in [-0.4, -0.2) is 0 Å². The Morgan fingerprint density at radius 1 is 1.00 bits per heavy atom. The first-order chi connectivity index (χ1) is 8.18. The Kier molecular flexibility index (Phi) is 3.38. The van der Waals surface area contributed by atoms with Crippen molar-refractivity contribution in [2.75, 3.05) is 0 Å². The van der Waals surface area contributed by atoms with Gasteiger partial charge in [-0.3, -0.25) is 0 Å². The summed E-state index contributed by atoms with van der Waals surface area (Å²) in [4.78, 5) is 0. The quantitative estimate of drug-likeness (QED) is 0.783. The van der Waals surface area contributed by atoms with Gasteiger partial charge in [-0.25, -0.2) is 8.78 Å². The molecule has 0 radical (unpaired) electrons. The van der Waals surface area contributed by atoms with Crippen LogP contribution in [0.3, 0.4) is 0 Å². The maximum Gasteiger partial charge on any atom is 0.191 e. The van der Waals surface area contributed by atoms with Crippen LogP contribution >= 0.6 is 0 Å². The summed E-state index contributed by atoms with van der Waals surface area (Å²) < 4.78 is 32.2. The van der Waals surface area contributed by atoms with Gasteiger partial charge in [0, 0.05) is 0 Å². The average Bonchev–Trinajstić information content (AvgIpc) is 2.35. The van der Waals surface area contributed by atoms with Crippen molar-refractivity contribution in [1.82, 2.24) is 0 Å². The average molecular weight is 234 g/mol. The second-order valence-electron chi connectivity index (χ2n) is 3.78. The lowest BCUT2D eigenvalue weighted by molar-refractivity contribution is 0.273. The molecule has 0 aliphatic carbocycles. The molecule has 0 N–H and O–H groups in total. The van der Waals surface area contributed by atoms with Crippen molar-refractivity contribution in [3.63, 3.8) is 0 Å². The van der Waals surface area contributed by atoms with E-state index in [0.717, 1.165) is 5.56 Å². The Balaban J connectivity index is 2.17. The number of hydrogen-bond donors (Lipinski definition) is 0. The number of rotatable bonds is 3. The second-order valence-corrected chi connectivity index (χ2v) is 3.78. The Labute approximate surface area is 98.7 Å². The fourth-order valence-corrected chi connectivity index (χ4v) is 1.49. The first kappa shape index (κ1) is 11.6. The number of ether oxygens (including phenoxy) is 1. The lowest BCUT2D eigenvalue weighted by atomic mass is 10.2. The van der Waals surface area contributed by atoms with Gasteiger partial charge in [0.15, 0.2) is 17.4 Å². The SMILES string of the molecule is Cc1ccc(F)c(OCc2ccccc2)c1F. The van der Waals surface area contributed by atoms with E-state index in [1.807, 2.05) is 30.3 Å². The summed E-state index contributed by atoms with van der Waals surface area (Å²) in [5, 5.41) is 0. The van der Waals surface area contributed by atoms with Crippen molar-refractivity contribution < 1.29 is 13.5 Å². The summed E-state index contributed by atoms with van der Waals surface area (Å²) in [6, 6.07) is 11.8. The number of halogens is 2. The molecule has 0 saturated heterocycles. The van der Waals surface area contributed by atoms with Crippen LogP contribution in [0.5, 0.6) is 5.75 Å². The molecule has 0 spiro atoms. The van der Waals surface area contributed by atoms with E-state index in [4.69, 9.17) is 4.74 Å². The zero-order chi connectivity index (χ0) is 12.3. The molecule has 0 amide bonds. The number of benzene rings is 2. The Morgan fingerprint density at radius 2 is 1.71 bits per heavy atom. The first-order valence-corrected chi connectivity index (χ1v) is 5.30. The molecular formula is C14H12F2O. The minimum absolute atomic E-state index is 0.151. The molecule has 0 saturated carbocycles. The summed E-state index contributed by atoms with van der Waals surface area (Å²) in [7, 11) is 0. The molecule has 0 bridgehead atoms. The first-order valence-electron chi connectivity index (χ1n) is 5.30. The Hall–Kier alpha value is -1.90. The van der Waals surface area contributed by atoms with Gasteiger partial charge in [-0.2, -0.15) is 0 Å². The minimum Gasteiger partial charge on any atom is -0.483 e. The summed E-state index contributed by atoms with van der Waals surface area (Å²) in [5.41, 5.74) is 1.24. The fourth-order valence-electron chi connectivity index (χ4n) is 1.49. The molecular weight excluding hydrogens is 222 g/mol. The maximum absolute atomic E-state index is 13.6. The van der Waals surface area contributed by atoms with Crippen LogP contribution in [0.1, 0.15) is 11.1 Å². The van der Waals surface area contributed by atoms with Gasteiger partial charge in [0.25, 0.3) is 0 Å². The zero-order valence-electron chi connectivity index (χ0n) is 9.41. The Bertz CT molecular complexity index is 509. The van der Waals surface area contributed by atoms with E-state index in [1.165, 1.54) is 12.1 Å². The molecule has 0 heterocycles. The van der Waals surface area contributed by atoms with Crippen molar-refractivity contribution in [3.05, 3.63) is 65.2 Å². The van der Waals surface area contributed by atoms with E-state index in [9.17, 15) is 8.78 Å². The van der Waals surface area contributed by atoms with E-state index >= 15 is 0 Å². The summed E-state index contributed by atoms with van der Waals surface area (Å²) >= 11 is 0. The van der Waals surface area contributed by atoms with E-state index in [2.05, 4.69) is 0 Å². The van der Waals surface area contributed by atoms with Crippen LogP contribution in [0.2, 0.25) is 0 Å². The topological polar surface area (TPSA) is 9.23 Å². The van der Waals surface area contributed by atoms with Crippen molar-refractivity contribution in [2.24, 2.45) is 0 Å². The highest BCUT2D eigenvalue weighted by atomic mass is 19.1. The summed E-state index contributed by atoms with van der Waals surface area (Å²) in [6.07, 6.45) is 0. The van der Waals surface area contributed by atoms with Crippen LogP contribution in [0.25, 0.3) is 0 Å². The Morgan fingerprint density at radius 3 is 2.41 bits per heavy atom. The minimum atomic E-state index is -0.677. The maximum atomic E-state index is 13.6. The molecule has 0 aliphatic heterocycles. The van der Waals surface area contributed by atoms with Crippen LogP contribution in [0.15, 0.2) is 42.5 Å². The third-order valence-corrected chi connectivity index (χ3v) is 2.47. The van der Waals surface area contributed by atoms with Gasteiger partial charge in [0.2, 0.25) is 0 Å². The number of hydrogen-bond acceptors (Lipinski definition) is 1. The van der Waals surface area contributed by atoms with Gasteiger partial charge in [0.1, 0.15) is 6.61 Å². The largest absolute Gasteiger partial charge is 0.483 e. The molecule has 2 rings (SSSR count). The summed E-state index contributed by atoms with van der Waals surface area (Å²) in [5.74, 6) is -1.63. The molecule has 0 aromatic heterocycles. The molecule has 17 heavy (non-hydrogen) atoms. The van der Waals surface area contributed by atoms with Gasteiger partial charge in [0.05, 0.1) is 0 Å². The van der Waals surface area contributed by atoms with Crippen molar-refractivity contribution >= 4 is 0 Å². The normalized spacial score (nSPS) is 10.3. The third-order valence-electron chi connectivity index (χ3n) is 2.47. The van der Waals surface area contributed by atoms with Gasteiger partial charge in [-0.1, -0.05) is 36.4 Å². The van der Waals surface area contributed by atoms with Crippen molar-refractivity contribution in [3.8, 4) is 5.75 Å². The molecule has 0 aliphatic rings. The van der Waals surface area contributed by atoms with Crippen molar-refractivity contribution in [1.29, 1.82) is 0 Å². The summed E-state index contributed by atoms with van der Waals surface area (Å²) in [6.45, 7) is 1.72. The molecule has 0 unspecified atom stereocenters. The molecule has 2 aromatic carbocycles. The lowest BCUT2D eigenvalue weighted by Gasteiger charge is -2.09. The fraction of sp³-hybridized carbons (Fsp3) is 0.143. The predicted molar refractivity (Wildman–Crippen MR) is 61.9 cm³/mol. The standard InChI is InChI=1S/C14H12F2O/c1-10-7-8-12(15)14(13(10)16)17-9-11-5-3-2-4-6-11/h2-8H,9H2,1H3. The second kappa shape index (κ2) is 4.95. The van der Waals surface area contributed by atoms with Crippen LogP contribution in [0, 0.1) is 18.6 Å². The van der Waals surface area contributed by atoms with Crippen molar-refractivity contribution in [2.45, 2.75) is 13.5 Å². The zero-order valence-corrected chi connectivity index (χ0v) is 9.41. The van der Waals surface area contributed by atoms with Crippen LogP contribution in [0.4, 0.5) is 8.78 Å². The molecule has 88 valence electrons. The van der Waals surface area contributed by atoms with Crippen LogP contribution in [-0.2, 0) is 6.61 Å². The highest BCUT2D eigenvalue weighted by molar-refractivity contribution is 5.32. The lowest BCUT2D eigenvalue weighted by Crippen LogP contribution is -2.01. The van der Waals surface area contributed by atoms with E-state index in [0.29, 0.717) is 5.56 Å². The smallest absolute Gasteiger partial charge is 0.191 e. The molecule has 1 nitrogen and oxygen atoms in total. The highest BCUT2D eigenvalue weighted by Gasteiger charge is 2.12. The van der Waals surface area contributed by atoms with E-state index in [1.54, 1.807) is 6.92 Å². The van der Waals surface area contributed by atoms with Gasteiger partial charge >= 0.3 is 0 Å². The van der Waals surface area contributed by atoms with Crippen LogP contribution < -0.4 is 4.74 Å². The molecule has 0 fully saturated rings. The van der Waals surface area contributed by atoms with E-state index in [-0.39, 0.29) is 12.4 Å². The van der Waals surface area contributed by atoms with Gasteiger partial charge in [-0.05, 0) is 24.1 Å². The monoisotopic (exact) mass is 234 g/mol. The highest BCUT2D eigenvalue weighted by Crippen LogP contribution is 2.24. The molecule has 3 heteroatoms. The van der Waals surface area contributed by atoms with Gasteiger partial charge < -0.3 is 4.74 Å². The third kappa shape index (κ3) is 2.61. The van der Waals surface area contributed by atoms with E-state index < -0.39 is 11.6 Å². The molecule has 2 aromatic rings. The predicted octanol–water partition coefficient (Wildman–Crippen LogP) is 3.85. The molecule has 0 atom stereocenters.